The van der Waals surface area contributed by atoms with Gasteiger partial charge in [0, 0.05) is 18.8 Å². The Hall–Kier alpha value is -3.06. The van der Waals surface area contributed by atoms with Crippen LogP contribution in [0.5, 0.6) is 5.75 Å². The highest BCUT2D eigenvalue weighted by molar-refractivity contribution is 5.95. The first-order chi connectivity index (χ1) is 14.4. The van der Waals surface area contributed by atoms with Gasteiger partial charge in [-0.05, 0) is 55.3 Å². The van der Waals surface area contributed by atoms with E-state index in [2.05, 4.69) is 5.32 Å². The summed E-state index contributed by atoms with van der Waals surface area (Å²) >= 11 is 0. The predicted octanol–water partition coefficient (Wildman–Crippen LogP) is 3.79. The van der Waals surface area contributed by atoms with E-state index < -0.39 is 12.0 Å². The fraction of sp³-hybridized carbons (Fsp3) is 0.391. The molecule has 2 aromatic carbocycles. The molecular formula is C23H28N2O5. The van der Waals surface area contributed by atoms with Crippen LogP contribution in [0.2, 0.25) is 0 Å². The summed E-state index contributed by atoms with van der Waals surface area (Å²) < 4.78 is 15.7. The minimum Gasteiger partial charge on any atom is -0.497 e. The molecule has 3 rings (SSSR count). The van der Waals surface area contributed by atoms with E-state index in [9.17, 15) is 9.59 Å². The standard InChI is InChI=1S/C23H28N2O5/c1-14(2)25-15(3)20(22(26)30-11-10-28-4)21(24-23(25)27)18-7-6-17-13-19(29-5)9-8-16(17)12-18/h6-9,12-14,21H,10-11H2,1-5H3,(H,24,27)/t21-/m1/s1. The summed E-state index contributed by atoms with van der Waals surface area (Å²) in [7, 11) is 3.18. The number of hydrogen-bond donors (Lipinski definition) is 1. The van der Waals surface area contributed by atoms with E-state index in [1.54, 1.807) is 26.0 Å². The summed E-state index contributed by atoms with van der Waals surface area (Å²) in [5.74, 6) is 0.307. The lowest BCUT2D eigenvalue weighted by Gasteiger charge is -2.37. The first kappa shape index (κ1) is 21.6. The lowest BCUT2D eigenvalue weighted by Crippen LogP contribution is -2.50. The molecule has 1 N–H and O–H groups in total. The average Bonchev–Trinajstić information content (AvgIpc) is 2.72. The third-order valence-electron chi connectivity index (χ3n) is 5.19. The molecule has 0 unspecified atom stereocenters. The molecule has 1 atom stereocenters. The van der Waals surface area contributed by atoms with Gasteiger partial charge >= 0.3 is 12.0 Å². The van der Waals surface area contributed by atoms with Crippen LogP contribution in [0, 0.1) is 0 Å². The van der Waals surface area contributed by atoms with Gasteiger partial charge < -0.3 is 19.5 Å². The number of benzene rings is 2. The number of nitrogens with one attached hydrogen (secondary N) is 1. The van der Waals surface area contributed by atoms with Crippen molar-refractivity contribution >= 4 is 22.8 Å². The molecule has 0 aromatic heterocycles. The van der Waals surface area contributed by atoms with E-state index in [4.69, 9.17) is 14.2 Å². The van der Waals surface area contributed by atoms with Crippen LogP contribution in [0.15, 0.2) is 47.7 Å². The zero-order valence-corrected chi connectivity index (χ0v) is 18.0. The fourth-order valence-electron chi connectivity index (χ4n) is 3.74. The Balaban J connectivity index is 2.04. The summed E-state index contributed by atoms with van der Waals surface area (Å²) in [6.45, 7) is 6.04. The first-order valence-electron chi connectivity index (χ1n) is 9.91. The summed E-state index contributed by atoms with van der Waals surface area (Å²) in [5.41, 5.74) is 1.82. The van der Waals surface area contributed by atoms with E-state index in [1.165, 1.54) is 0 Å². The third kappa shape index (κ3) is 4.26. The van der Waals surface area contributed by atoms with E-state index in [-0.39, 0.29) is 18.7 Å². The van der Waals surface area contributed by atoms with Crippen LogP contribution in [0.1, 0.15) is 32.4 Å². The lowest BCUT2D eigenvalue weighted by molar-refractivity contribution is -0.140. The molecule has 0 saturated heterocycles. The molecule has 1 aliphatic rings. The summed E-state index contributed by atoms with van der Waals surface area (Å²) in [6.07, 6.45) is 0. The molecule has 0 spiro atoms. The Labute approximate surface area is 176 Å². The molecule has 0 fully saturated rings. The zero-order valence-electron chi connectivity index (χ0n) is 18.0. The second-order valence-corrected chi connectivity index (χ2v) is 7.45. The molecule has 2 amide bonds. The highest BCUT2D eigenvalue weighted by Crippen LogP contribution is 2.34. The molecule has 0 saturated carbocycles. The number of urea groups is 1. The normalized spacial score (nSPS) is 16.8. The van der Waals surface area contributed by atoms with Crippen LogP contribution in [0.3, 0.4) is 0 Å². The van der Waals surface area contributed by atoms with E-state index >= 15 is 0 Å². The van der Waals surface area contributed by atoms with Gasteiger partial charge in [-0.1, -0.05) is 18.2 Å². The highest BCUT2D eigenvalue weighted by atomic mass is 16.6. The predicted molar refractivity (Wildman–Crippen MR) is 114 cm³/mol. The van der Waals surface area contributed by atoms with Gasteiger partial charge in [-0.25, -0.2) is 9.59 Å². The van der Waals surface area contributed by atoms with Gasteiger partial charge in [-0.15, -0.1) is 0 Å². The van der Waals surface area contributed by atoms with Crippen molar-refractivity contribution < 1.29 is 23.8 Å². The van der Waals surface area contributed by atoms with Crippen LogP contribution < -0.4 is 10.1 Å². The summed E-state index contributed by atoms with van der Waals surface area (Å²) in [6, 6.07) is 10.7. The number of esters is 1. The van der Waals surface area contributed by atoms with Gasteiger partial charge in [0.1, 0.15) is 12.4 Å². The van der Waals surface area contributed by atoms with Crippen molar-refractivity contribution in [1.82, 2.24) is 10.2 Å². The topological polar surface area (TPSA) is 77.1 Å². The van der Waals surface area contributed by atoms with Crippen LogP contribution in [0.4, 0.5) is 4.79 Å². The zero-order chi connectivity index (χ0) is 21.8. The summed E-state index contributed by atoms with van der Waals surface area (Å²) in [5, 5.41) is 4.97. The van der Waals surface area contributed by atoms with Crippen molar-refractivity contribution in [2.75, 3.05) is 27.4 Å². The summed E-state index contributed by atoms with van der Waals surface area (Å²) in [4.78, 5) is 27.3. The number of fused-ring (bicyclic) bond motifs is 1. The van der Waals surface area contributed by atoms with Gasteiger partial charge in [0.15, 0.2) is 0 Å². The maximum Gasteiger partial charge on any atom is 0.338 e. The minimum absolute atomic E-state index is 0.100. The van der Waals surface area contributed by atoms with Crippen molar-refractivity contribution in [3.8, 4) is 5.75 Å². The molecule has 30 heavy (non-hydrogen) atoms. The van der Waals surface area contributed by atoms with Gasteiger partial charge in [-0.3, -0.25) is 4.90 Å². The molecule has 0 bridgehead atoms. The van der Waals surface area contributed by atoms with Crippen LogP contribution >= 0.6 is 0 Å². The number of hydrogen-bond acceptors (Lipinski definition) is 5. The minimum atomic E-state index is -0.603. The number of nitrogens with zero attached hydrogens (tertiary/aromatic N) is 1. The van der Waals surface area contributed by atoms with Gasteiger partial charge in [0.25, 0.3) is 0 Å². The molecule has 0 aliphatic carbocycles. The van der Waals surface area contributed by atoms with E-state index in [1.807, 2.05) is 50.2 Å². The number of methoxy groups -OCH3 is 2. The van der Waals surface area contributed by atoms with Gasteiger partial charge in [-0.2, -0.15) is 0 Å². The molecule has 7 nitrogen and oxygen atoms in total. The number of carbonyl (C=O) groups excluding carboxylic acids is 2. The second kappa shape index (κ2) is 9.17. The third-order valence-corrected chi connectivity index (χ3v) is 5.19. The number of rotatable bonds is 7. The van der Waals surface area contributed by atoms with Crippen LogP contribution in [-0.2, 0) is 14.3 Å². The Morgan fingerprint density at radius 2 is 1.80 bits per heavy atom. The Morgan fingerprint density at radius 1 is 1.10 bits per heavy atom. The molecule has 160 valence electrons. The number of carbonyl (C=O) groups is 2. The molecule has 1 heterocycles. The number of allylic oxidation sites excluding steroid dienone is 1. The average molecular weight is 412 g/mol. The van der Waals surface area contributed by atoms with Crippen molar-refractivity contribution in [3.05, 3.63) is 53.2 Å². The molecule has 2 aromatic rings. The molecule has 7 heteroatoms. The van der Waals surface area contributed by atoms with Crippen molar-refractivity contribution in [3.63, 3.8) is 0 Å². The molecule has 0 radical (unpaired) electrons. The van der Waals surface area contributed by atoms with Crippen molar-refractivity contribution in [2.24, 2.45) is 0 Å². The molecular weight excluding hydrogens is 384 g/mol. The lowest BCUT2D eigenvalue weighted by atomic mass is 9.92. The van der Waals surface area contributed by atoms with Gasteiger partial charge in [0.05, 0.1) is 25.3 Å². The fourth-order valence-corrected chi connectivity index (χ4v) is 3.74. The Bertz CT molecular complexity index is 983. The maximum absolute atomic E-state index is 13.0. The first-order valence-corrected chi connectivity index (χ1v) is 9.91. The molecule has 1 aliphatic heterocycles. The van der Waals surface area contributed by atoms with Gasteiger partial charge in [0.2, 0.25) is 0 Å². The van der Waals surface area contributed by atoms with Crippen molar-refractivity contribution in [1.29, 1.82) is 0 Å². The SMILES string of the molecule is COCCOC(=O)C1=C(C)N(C(C)C)C(=O)N[C@@H]1c1ccc2cc(OC)ccc2c1. The largest absolute Gasteiger partial charge is 0.497 e. The second-order valence-electron chi connectivity index (χ2n) is 7.45. The van der Waals surface area contributed by atoms with Crippen LogP contribution in [0.25, 0.3) is 10.8 Å². The quantitative estimate of drug-likeness (QED) is 0.553. The number of amides is 2. The maximum atomic E-state index is 13.0. The highest BCUT2D eigenvalue weighted by Gasteiger charge is 2.37. The smallest absolute Gasteiger partial charge is 0.338 e. The Kier molecular flexibility index (Phi) is 6.62. The Morgan fingerprint density at radius 3 is 2.47 bits per heavy atom. The van der Waals surface area contributed by atoms with Crippen molar-refractivity contribution in [2.45, 2.75) is 32.9 Å². The van der Waals surface area contributed by atoms with E-state index in [0.717, 1.165) is 22.1 Å². The van der Waals surface area contributed by atoms with Crippen LogP contribution in [-0.4, -0.2) is 50.4 Å². The monoisotopic (exact) mass is 412 g/mol. The van der Waals surface area contributed by atoms with E-state index in [0.29, 0.717) is 17.9 Å². The number of ether oxygens (including phenoxy) is 3.